The highest BCUT2D eigenvalue weighted by Crippen LogP contribution is 2.44. The van der Waals surface area contributed by atoms with Crippen LogP contribution in [-0.4, -0.2) is 5.60 Å². The van der Waals surface area contributed by atoms with Crippen LogP contribution in [-0.2, 0) is 11.3 Å². The van der Waals surface area contributed by atoms with E-state index in [0.717, 1.165) is 19.3 Å². The molecule has 0 bridgehead atoms. The molecule has 78 valence electrons. The van der Waals surface area contributed by atoms with Crippen molar-refractivity contribution in [1.29, 1.82) is 5.26 Å². The van der Waals surface area contributed by atoms with E-state index < -0.39 is 0 Å². The number of hydrogen-bond acceptors (Lipinski definition) is 2. The predicted molar refractivity (Wildman–Crippen MR) is 58.0 cm³/mol. The highest BCUT2D eigenvalue weighted by Gasteiger charge is 2.43. The molecule has 1 aromatic rings. The molecule has 0 radical (unpaired) electrons. The third-order valence-electron chi connectivity index (χ3n) is 2.89. The van der Waals surface area contributed by atoms with Crippen molar-refractivity contribution in [2.75, 3.05) is 0 Å². The Labute approximate surface area is 90.5 Å². The van der Waals surface area contributed by atoms with Crippen molar-refractivity contribution < 1.29 is 4.74 Å². The summed E-state index contributed by atoms with van der Waals surface area (Å²) in [4.78, 5) is 0. The molecule has 1 aliphatic rings. The second-order valence-corrected chi connectivity index (χ2v) is 4.12. The Kier molecular flexibility index (Phi) is 3.03. The number of ether oxygens (including phenoxy) is 1. The van der Waals surface area contributed by atoms with Crippen molar-refractivity contribution in [2.45, 2.75) is 37.9 Å². The normalized spacial score (nSPS) is 17.0. The summed E-state index contributed by atoms with van der Waals surface area (Å²) in [6.45, 7) is 0.673. The van der Waals surface area contributed by atoms with E-state index in [-0.39, 0.29) is 5.60 Å². The van der Waals surface area contributed by atoms with Crippen molar-refractivity contribution in [2.24, 2.45) is 0 Å². The van der Waals surface area contributed by atoms with Gasteiger partial charge in [-0.05, 0) is 24.8 Å². The third kappa shape index (κ3) is 2.81. The molecule has 0 heterocycles. The number of benzene rings is 1. The molecule has 1 aliphatic carbocycles. The summed E-state index contributed by atoms with van der Waals surface area (Å²) >= 11 is 0. The van der Waals surface area contributed by atoms with Gasteiger partial charge in [0.15, 0.2) is 0 Å². The molecule has 1 aromatic carbocycles. The lowest BCUT2D eigenvalue weighted by Gasteiger charge is -2.14. The lowest BCUT2D eigenvalue weighted by Crippen LogP contribution is -2.13. The van der Waals surface area contributed by atoms with Gasteiger partial charge in [-0.3, -0.25) is 0 Å². The van der Waals surface area contributed by atoms with Crippen LogP contribution in [0.5, 0.6) is 0 Å². The van der Waals surface area contributed by atoms with Crippen molar-refractivity contribution in [3.8, 4) is 6.07 Å². The number of nitrogens with zero attached hydrogens (tertiary/aromatic N) is 1. The van der Waals surface area contributed by atoms with Gasteiger partial charge >= 0.3 is 0 Å². The quantitative estimate of drug-likeness (QED) is 0.733. The molecule has 2 rings (SSSR count). The van der Waals surface area contributed by atoms with E-state index in [9.17, 15) is 0 Å². The van der Waals surface area contributed by atoms with Crippen LogP contribution >= 0.6 is 0 Å². The summed E-state index contributed by atoms with van der Waals surface area (Å²) in [6.07, 6.45) is 3.72. The molecule has 0 unspecified atom stereocenters. The van der Waals surface area contributed by atoms with E-state index in [0.29, 0.717) is 13.0 Å². The standard InChI is InChI=1S/C13H15NO/c14-10-4-7-13(8-9-13)15-11-12-5-2-1-3-6-12/h1-3,5-6H,4,7-9,11H2. The molecule has 1 saturated carbocycles. The minimum atomic E-state index is 0.0333. The second kappa shape index (κ2) is 4.46. The fourth-order valence-corrected chi connectivity index (χ4v) is 1.70. The van der Waals surface area contributed by atoms with Crippen LogP contribution in [0.1, 0.15) is 31.2 Å². The molecule has 0 aliphatic heterocycles. The van der Waals surface area contributed by atoms with Crippen molar-refractivity contribution in [3.05, 3.63) is 35.9 Å². The SMILES string of the molecule is N#CCCC1(OCc2ccccc2)CC1. The van der Waals surface area contributed by atoms with Gasteiger partial charge in [0.05, 0.1) is 18.3 Å². The van der Waals surface area contributed by atoms with Crippen molar-refractivity contribution in [3.63, 3.8) is 0 Å². The van der Waals surface area contributed by atoms with E-state index in [1.807, 2.05) is 18.2 Å². The van der Waals surface area contributed by atoms with Crippen molar-refractivity contribution >= 4 is 0 Å². The summed E-state index contributed by atoms with van der Waals surface area (Å²) < 4.78 is 5.88. The van der Waals surface area contributed by atoms with E-state index in [1.54, 1.807) is 0 Å². The Balaban J connectivity index is 1.81. The minimum Gasteiger partial charge on any atom is -0.370 e. The van der Waals surface area contributed by atoms with Crippen LogP contribution in [0.3, 0.4) is 0 Å². The lowest BCUT2D eigenvalue weighted by atomic mass is 10.2. The first-order chi connectivity index (χ1) is 7.35. The molecule has 2 heteroatoms. The third-order valence-corrected chi connectivity index (χ3v) is 2.89. The van der Waals surface area contributed by atoms with Crippen LogP contribution in [0.15, 0.2) is 30.3 Å². The van der Waals surface area contributed by atoms with Gasteiger partial charge < -0.3 is 4.74 Å². The van der Waals surface area contributed by atoms with Crippen LogP contribution in [0.4, 0.5) is 0 Å². The average molecular weight is 201 g/mol. The number of rotatable bonds is 5. The van der Waals surface area contributed by atoms with E-state index >= 15 is 0 Å². The maximum Gasteiger partial charge on any atom is 0.0724 e. The van der Waals surface area contributed by atoms with Gasteiger partial charge in [0.25, 0.3) is 0 Å². The van der Waals surface area contributed by atoms with Gasteiger partial charge in [0.1, 0.15) is 0 Å². The molecule has 0 N–H and O–H groups in total. The summed E-state index contributed by atoms with van der Waals surface area (Å²) in [6, 6.07) is 12.4. The highest BCUT2D eigenvalue weighted by atomic mass is 16.5. The molecule has 0 spiro atoms. The molecule has 0 aromatic heterocycles. The van der Waals surface area contributed by atoms with E-state index in [2.05, 4.69) is 18.2 Å². The minimum absolute atomic E-state index is 0.0333. The van der Waals surface area contributed by atoms with E-state index in [1.165, 1.54) is 5.56 Å². The Morgan fingerprint density at radius 3 is 2.60 bits per heavy atom. The predicted octanol–water partition coefficient (Wildman–Crippen LogP) is 3.04. The molecule has 0 amide bonds. The van der Waals surface area contributed by atoms with Crippen LogP contribution in [0.2, 0.25) is 0 Å². The Morgan fingerprint density at radius 1 is 1.27 bits per heavy atom. The molecule has 2 nitrogen and oxygen atoms in total. The summed E-state index contributed by atoms with van der Waals surface area (Å²) in [5.41, 5.74) is 1.24. The van der Waals surface area contributed by atoms with Crippen LogP contribution in [0, 0.1) is 11.3 Å². The lowest BCUT2D eigenvalue weighted by molar-refractivity contribution is 0.0152. The van der Waals surface area contributed by atoms with E-state index in [4.69, 9.17) is 10.00 Å². The zero-order chi connectivity index (χ0) is 10.6. The largest absolute Gasteiger partial charge is 0.370 e. The topological polar surface area (TPSA) is 33.0 Å². The smallest absolute Gasteiger partial charge is 0.0724 e. The van der Waals surface area contributed by atoms with Gasteiger partial charge in [0, 0.05) is 6.42 Å². The van der Waals surface area contributed by atoms with Gasteiger partial charge in [-0.25, -0.2) is 0 Å². The molecule has 15 heavy (non-hydrogen) atoms. The maximum absolute atomic E-state index is 8.54. The molecule has 1 fully saturated rings. The van der Waals surface area contributed by atoms with Gasteiger partial charge in [-0.2, -0.15) is 5.26 Å². The van der Waals surface area contributed by atoms with Crippen LogP contribution < -0.4 is 0 Å². The fraction of sp³-hybridized carbons (Fsp3) is 0.462. The van der Waals surface area contributed by atoms with Gasteiger partial charge in [0.2, 0.25) is 0 Å². The number of hydrogen-bond donors (Lipinski definition) is 0. The fourth-order valence-electron chi connectivity index (χ4n) is 1.70. The molecular weight excluding hydrogens is 186 g/mol. The van der Waals surface area contributed by atoms with Crippen LogP contribution in [0.25, 0.3) is 0 Å². The molecule has 0 atom stereocenters. The molecule has 0 saturated heterocycles. The summed E-state index contributed by atoms with van der Waals surface area (Å²) in [7, 11) is 0. The molecular formula is C13H15NO. The average Bonchev–Trinajstić information content (AvgIpc) is 3.06. The zero-order valence-corrected chi connectivity index (χ0v) is 8.78. The number of nitriles is 1. The van der Waals surface area contributed by atoms with Gasteiger partial charge in [-0.1, -0.05) is 30.3 Å². The summed E-state index contributed by atoms with van der Waals surface area (Å²) in [5, 5.41) is 8.54. The van der Waals surface area contributed by atoms with Crippen molar-refractivity contribution in [1.82, 2.24) is 0 Å². The first-order valence-electron chi connectivity index (χ1n) is 5.39. The Hall–Kier alpha value is -1.33. The Morgan fingerprint density at radius 2 is 2.00 bits per heavy atom. The summed E-state index contributed by atoms with van der Waals surface area (Å²) in [5.74, 6) is 0. The zero-order valence-electron chi connectivity index (χ0n) is 8.78. The monoisotopic (exact) mass is 201 g/mol. The Bertz CT molecular complexity index is 349. The maximum atomic E-state index is 8.54. The second-order valence-electron chi connectivity index (χ2n) is 4.12. The van der Waals surface area contributed by atoms with Gasteiger partial charge in [-0.15, -0.1) is 0 Å². The highest BCUT2D eigenvalue weighted by molar-refractivity contribution is 5.14. The first kappa shape index (κ1) is 10.2. The first-order valence-corrected chi connectivity index (χ1v) is 5.39.